The third-order valence-electron chi connectivity index (χ3n) is 4.43. The van der Waals surface area contributed by atoms with Crippen LogP contribution in [0.25, 0.3) is 11.0 Å². The van der Waals surface area contributed by atoms with Gasteiger partial charge in [0, 0.05) is 13.1 Å². The number of nitriles is 1. The molecule has 6 nitrogen and oxygen atoms in total. The first-order chi connectivity index (χ1) is 13.5. The summed E-state index contributed by atoms with van der Waals surface area (Å²) in [5, 5.41) is 9.76. The quantitative estimate of drug-likeness (QED) is 0.559. The molecule has 1 atom stereocenters. The van der Waals surface area contributed by atoms with Crippen LogP contribution in [0.2, 0.25) is 0 Å². The van der Waals surface area contributed by atoms with Crippen LogP contribution in [0.15, 0.2) is 24.3 Å². The molecule has 28 heavy (non-hydrogen) atoms. The van der Waals surface area contributed by atoms with Gasteiger partial charge in [0.1, 0.15) is 5.69 Å². The normalized spacial score (nSPS) is 12.0. The minimum Gasteiger partial charge on any atom is -0.462 e. The Morgan fingerprint density at radius 2 is 1.68 bits per heavy atom. The molecule has 2 rings (SSSR count). The van der Waals surface area contributed by atoms with Crippen LogP contribution in [-0.4, -0.2) is 35.1 Å². The molecule has 0 aliphatic heterocycles. The number of aromatic nitrogens is 2. The van der Waals surface area contributed by atoms with Crippen LogP contribution in [0.3, 0.4) is 0 Å². The van der Waals surface area contributed by atoms with Crippen molar-refractivity contribution in [2.75, 3.05) is 18.0 Å². The second kappa shape index (κ2) is 10.6. The second-order valence-electron chi connectivity index (χ2n) is 7.16. The van der Waals surface area contributed by atoms with E-state index in [2.05, 4.69) is 29.8 Å². The number of rotatable bonds is 10. The number of nitrogens with zero attached hydrogens (tertiary/aromatic N) is 4. The van der Waals surface area contributed by atoms with E-state index in [1.54, 1.807) is 13.8 Å². The van der Waals surface area contributed by atoms with E-state index in [4.69, 9.17) is 9.72 Å². The molecule has 0 saturated carbocycles. The summed E-state index contributed by atoms with van der Waals surface area (Å²) in [5.41, 5.74) is 1.82. The smallest absolute Gasteiger partial charge is 0.329 e. The van der Waals surface area contributed by atoms with Gasteiger partial charge in [0.05, 0.1) is 23.2 Å². The number of benzene rings is 1. The van der Waals surface area contributed by atoms with Crippen LogP contribution < -0.4 is 4.90 Å². The van der Waals surface area contributed by atoms with Crippen LogP contribution >= 0.6 is 0 Å². The average Bonchev–Trinajstić information content (AvgIpc) is 2.68. The lowest BCUT2D eigenvalue weighted by atomic mass is 10.1. The number of para-hydroxylation sites is 2. The number of carbonyl (C=O) groups is 1. The Bertz CT molecular complexity index is 821. The van der Waals surface area contributed by atoms with E-state index >= 15 is 0 Å². The molecule has 0 aliphatic rings. The molecule has 6 heteroatoms. The van der Waals surface area contributed by atoms with Crippen molar-refractivity contribution in [1.82, 2.24) is 9.97 Å². The molecule has 150 valence electrons. The van der Waals surface area contributed by atoms with Gasteiger partial charge in [0.15, 0.2) is 11.7 Å². The van der Waals surface area contributed by atoms with Crippen LogP contribution in [0, 0.1) is 11.3 Å². The second-order valence-corrected chi connectivity index (χ2v) is 7.16. The molecule has 1 heterocycles. The van der Waals surface area contributed by atoms with E-state index in [-0.39, 0.29) is 6.10 Å². The maximum absolute atomic E-state index is 12.6. The zero-order valence-corrected chi connectivity index (χ0v) is 17.3. The van der Waals surface area contributed by atoms with Crippen LogP contribution in [0.1, 0.15) is 65.0 Å². The minimum absolute atomic E-state index is 0.295. The monoisotopic (exact) mass is 382 g/mol. The highest BCUT2D eigenvalue weighted by atomic mass is 16.5. The first-order valence-corrected chi connectivity index (χ1v) is 10.1. The van der Waals surface area contributed by atoms with Crippen LogP contribution in [0.5, 0.6) is 0 Å². The molecule has 0 bridgehead atoms. The highest BCUT2D eigenvalue weighted by molar-refractivity contribution is 5.85. The highest BCUT2D eigenvalue weighted by Gasteiger charge is 2.30. The highest BCUT2D eigenvalue weighted by Crippen LogP contribution is 2.28. The Balaban J connectivity index is 2.58. The standard InChI is InChI=1S/C22H30N4O2/c1-5-7-13-26(14-8-6-2)21-20(17(15-23)22(27)28-16(3)4)24-18-11-9-10-12-19(18)25-21/h9-12,16-17H,5-8,13-14H2,1-4H3/t17-/m1/s1. The first kappa shape index (κ1) is 21.6. The van der Waals surface area contributed by atoms with E-state index in [0.717, 1.165) is 44.3 Å². The van der Waals surface area contributed by atoms with E-state index < -0.39 is 11.9 Å². The summed E-state index contributed by atoms with van der Waals surface area (Å²) in [7, 11) is 0. The summed E-state index contributed by atoms with van der Waals surface area (Å²) < 4.78 is 5.32. The van der Waals surface area contributed by atoms with E-state index in [1.807, 2.05) is 24.3 Å². The summed E-state index contributed by atoms with van der Waals surface area (Å²) in [6, 6.07) is 9.63. The average molecular weight is 383 g/mol. The van der Waals surface area contributed by atoms with Gasteiger partial charge >= 0.3 is 5.97 Å². The molecular formula is C22H30N4O2. The fourth-order valence-electron chi connectivity index (χ4n) is 2.98. The largest absolute Gasteiger partial charge is 0.462 e. The number of carbonyl (C=O) groups excluding carboxylic acids is 1. The molecule has 0 radical (unpaired) electrons. The maximum atomic E-state index is 12.6. The number of hydrogen-bond donors (Lipinski definition) is 0. The van der Waals surface area contributed by atoms with Crippen molar-refractivity contribution >= 4 is 22.8 Å². The molecule has 0 fully saturated rings. The number of fused-ring (bicyclic) bond motifs is 1. The number of esters is 1. The topological polar surface area (TPSA) is 79.1 Å². The zero-order chi connectivity index (χ0) is 20.5. The Morgan fingerprint density at radius 1 is 1.11 bits per heavy atom. The lowest BCUT2D eigenvalue weighted by molar-refractivity contribution is -0.147. The fourth-order valence-corrected chi connectivity index (χ4v) is 2.98. The molecule has 0 spiro atoms. The Labute approximate surface area is 167 Å². The fraction of sp³-hybridized carbons (Fsp3) is 0.545. The van der Waals surface area contributed by atoms with Crippen LogP contribution in [-0.2, 0) is 9.53 Å². The predicted octanol–water partition coefficient (Wildman–Crippen LogP) is 4.60. The summed E-state index contributed by atoms with van der Waals surface area (Å²) in [6.07, 6.45) is 3.82. The van der Waals surface area contributed by atoms with Gasteiger partial charge in [0.2, 0.25) is 0 Å². The maximum Gasteiger partial charge on any atom is 0.329 e. The predicted molar refractivity (Wildman–Crippen MR) is 111 cm³/mol. The van der Waals surface area contributed by atoms with Gasteiger partial charge in [-0.15, -0.1) is 0 Å². The molecule has 1 aromatic heterocycles. The van der Waals surface area contributed by atoms with Crippen molar-refractivity contribution in [2.45, 2.75) is 65.4 Å². The molecule has 2 aromatic rings. The number of anilines is 1. The summed E-state index contributed by atoms with van der Waals surface area (Å²) in [6.45, 7) is 9.45. The molecule has 1 aromatic carbocycles. The van der Waals surface area contributed by atoms with Gasteiger partial charge in [-0.05, 0) is 38.8 Å². The number of ether oxygens (including phenoxy) is 1. The van der Waals surface area contributed by atoms with E-state index in [9.17, 15) is 10.1 Å². The molecule has 0 unspecified atom stereocenters. The Hall–Kier alpha value is -2.68. The summed E-state index contributed by atoms with van der Waals surface area (Å²) in [4.78, 5) is 24.3. The molecule has 0 N–H and O–H groups in total. The molecular weight excluding hydrogens is 352 g/mol. The van der Waals surface area contributed by atoms with Gasteiger partial charge in [-0.2, -0.15) is 5.26 Å². The van der Waals surface area contributed by atoms with Crippen molar-refractivity contribution < 1.29 is 9.53 Å². The van der Waals surface area contributed by atoms with E-state index in [1.165, 1.54) is 0 Å². The molecule has 0 amide bonds. The van der Waals surface area contributed by atoms with Gasteiger partial charge in [-0.25, -0.2) is 9.97 Å². The third kappa shape index (κ3) is 5.41. The third-order valence-corrected chi connectivity index (χ3v) is 4.43. The van der Waals surface area contributed by atoms with Crippen molar-refractivity contribution in [3.63, 3.8) is 0 Å². The zero-order valence-electron chi connectivity index (χ0n) is 17.3. The van der Waals surface area contributed by atoms with Crippen molar-refractivity contribution in [2.24, 2.45) is 0 Å². The Morgan fingerprint density at radius 3 is 2.18 bits per heavy atom. The number of hydrogen-bond acceptors (Lipinski definition) is 6. The van der Waals surface area contributed by atoms with E-state index in [0.29, 0.717) is 17.0 Å². The molecule has 0 saturated heterocycles. The number of unbranched alkanes of at least 4 members (excludes halogenated alkanes) is 2. The minimum atomic E-state index is -1.10. The van der Waals surface area contributed by atoms with Gasteiger partial charge in [-0.1, -0.05) is 38.8 Å². The summed E-state index contributed by atoms with van der Waals surface area (Å²) in [5.74, 6) is -1.05. The van der Waals surface area contributed by atoms with Gasteiger partial charge in [0.25, 0.3) is 0 Å². The first-order valence-electron chi connectivity index (χ1n) is 10.1. The molecule has 0 aliphatic carbocycles. The lowest BCUT2D eigenvalue weighted by Gasteiger charge is -2.26. The van der Waals surface area contributed by atoms with Gasteiger partial charge in [-0.3, -0.25) is 4.79 Å². The Kier molecular flexibility index (Phi) is 8.19. The summed E-state index contributed by atoms with van der Waals surface area (Å²) >= 11 is 0. The van der Waals surface area contributed by atoms with Crippen molar-refractivity contribution in [3.05, 3.63) is 30.0 Å². The van der Waals surface area contributed by atoms with Crippen molar-refractivity contribution in [3.8, 4) is 6.07 Å². The van der Waals surface area contributed by atoms with Crippen LogP contribution in [0.4, 0.5) is 5.82 Å². The lowest BCUT2D eigenvalue weighted by Crippen LogP contribution is -2.30. The van der Waals surface area contributed by atoms with Crippen molar-refractivity contribution in [1.29, 1.82) is 5.26 Å². The SMILES string of the molecule is CCCCN(CCCC)c1nc2ccccc2nc1[C@@H](C#N)C(=O)OC(C)C. The van der Waals surface area contributed by atoms with Gasteiger partial charge < -0.3 is 9.64 Å².